The zero-order valence-electron chi connectivity index (χ0n) is 10.7. The summed E-state index contributed by atoms with van der Waals surface area (Å²) in [5.74, 6) is 0.945. The standard InChI is InChI=1S/C14H13N3S2/c1-18-12-8-13(19-2)17-11(16-12)9-15-14(17)10-6-4-3-5-7-10/h3-9H,1-2H3. The highest BCUT2D eigenvalue weighted by Gasteiger charge is 2.11. The summed E-state index contributed by atoms with van der Waals surface area (Å²) in [6, 6.07) is 12.3. The molecule has 0 atom stereocenters. The fraction of sp³-hybridized carbons (Fsp3) is 0.143. The second kappa shape index (κ2) is 5.27. The Hall–Kier alpha value is -1.46. The zero-order valence-corrected chi connectivity index (χ0v) is 12.3. The largest absolute Gasteiger partial charge is 0.271 e. The van der Waals surface area contributed by atoms with Gasteiger partial charge < -0.3 is 0 Å². The molecule has 0 N–H and O–H groups in total. The molecule has 0 spiro atoms. The Bertz CT molecular complexity index is 707. The topological polar surface area (TPSA) is 30.2 Å². The van der Waals surface area contributed by atoms with E-state index in [1.54, 1.807) is 23.5 Å². The average Bonchev–Trinajstić information content (AvgIpc) is 2.91. The number of aromatic nitrogens is 3. The van der Waals surface area contributed by atoms with Crippen LogP contribution in [0.15, 0.2) is 52.6 Å². The number of benzene rings is 1. The van der Waals surface area contributed by atoms with E-state index in [0.29, 0.717) is 0 Å². The number of hydrogen-bond acceptors (Lipinski definition) is 4. The van der Waals surface area contributed by atoms with Crippen LogP contribution >= 0.6 is 23.5 Å². The summed E-state index contributed by atoms with van der Waals surface area (Å²) in [5.41, 5.74) is 2.01. The molecule has 0 saturated carbocycles. The lowest BCUT2D eigenvalue weighted by molar-refractivity contribution is 0.942. The Labute approximate surface area is 120 Å². The lowest BCUT2D eigenvalue weighted by Crippen LogP contribution is -1.96. The number of nitrogens with zero attached hydrogens (tertiary/aromatic N) is 3. The normalized spacial score (nSPS) is 11.1. The fourth-order valence-electron chi connectivity index (χ4n) is 2.00. The number of hydrogen-bond donors (Lipinski definition) is 0. The molecule has 2 aromatic heterocycles. The molecular weight excluding hydrogens is 274 g/mol. The summed E-state index contributed by atoms with van der Waals surface area (Å²) in [6.07, 6.45) is 5.95. The van der Waals surface area contributed by atoms with Crippen LogP contribution in [-0.2, 0) is 0 Å². The first-order valence-corrected chi connectivity index (χ1v) is 8.30. The van der Waals surface area contributed by atoms with Crippen LogP contribution in [-0.4, -0.2) is 26.9 Å². The van der Waals surface area contributed by atoms with Gasteiger partial charge in [-0.15, -0.1) is 23.5 Å². The molecule has 3 rings (SSSR count). The monoisotopic (exact) mass is 287 g/mol. The number of thioether (sulfide) groups is 2. The van der Waals surface area contributed by atoms with Gasteiger partial charge in [0.1, 0.15) is 10.9 Å². The van der Waals surface area contributed by atoms with E-state index in [2.05, 4.69) is 38.8 Å². The Morgan fingerprint density at radius 3 is 2.53 bits per heavy atom. The van der Waals surface area contributed by atoms with E-state index in [1.807, 2.05) is 30.7 Å². The van der Waals surface area contributed by atoms with Crippen LogP contribution < -0.4 is 0 Å². The maximum atomic E-state index is 4.60. The van der Waals surface area contributed by atoms with Gasteiger partial charge in [0.25, 0.3) is 0 Å². The molecule has 5 heteroatoms. The third-order valence-corrected chi connectivity index (χ3v) is 4.23. The first-order chi connectivity index (χ1) is 9.33. The summed E-state index contributed by atoms with van der Waals surface area (Å²) in [6.45, 7) is 0. The van der Waals surface area contributed by atoms with Gasteiger partial charge >= 0.3 is 0 Å². The minimum absolute atomic E-state index is 0.898. The van der Waals surface area contributed by atoms with Crippen molar-refractivity contribution in [2.45, 2.75) is 10.1 Å². The molecule has 0 aliphatic rings. The highest BCUT2D eigenvalue weighted by atomic mass is 32.2. The van der Waals surface area contributed by atoms with Crippen molar-refractivity contribution in [1.82, 2.24) is 14.4 Å². The van der Waals surface area contributed by atoms with Crippen LogP contribution in [0.25, 0.3) is 17.0 Å². The van der Waals surface area contributed by atoms with Crippen molar-refractivity contribution in [3.63, 3.8) is 0 Å². The van der Waals surface area contributed by atoms with Crippen molar-refractivity contribution < 1.29 is 0 Å². The van der Waals surface area contributed by atoms with Gasteiger partial charge in [-0.25, -0.2) is 9.97 Å². The van der Waals surface area contributed by atoms with Crippen molar-refractivity contribution >= 4 is 29.2 Å². The maximum absolute atomic E-state index is 4.60. The predicted molar refractivity (Wildman–Crippen MR) is 82.0 cm³/mol. The molecule has 3 nitrogen and oxygen atoms in total. The van der Waals surface area contributed by atoms with Crippen LogP contribution in [0.4, 0.5) is 0 Å². The quantitative estimate of drug-likeness (QED) is 0.541. The van der Waals surface area contributed by atoms with Gasteiger partial charge in [0.15, 0.2) is 5.65 Å². The zero-order chi connectivity index (χ0) is 13.2. The summed E-state index contributed by atoms with van der Waals surface area (Å²) in [7, 11) is 0. The fourth-order valence-corrected chi connectivity index (χ4v) is 3.08. The SMILES string of the molecule is CSc1cc(SC)n2c(-c3ccccc3)ncc2n1. The van der Waals surface area contributed by atoms with E-state index in [0.717, 1.165) is 27.1 Å². The van der Waals surface area contributed by atoms with E-state index in [1.165, 1.54) is 0 Å². The summed E-state index contributed by atoms with van der Waals surface area (Å²) < 4.78 is 2.11. The second-order valence-electron chi connectivity index (χ2n) is 3.98. The molecular formula is C14H13N3S2. The molecule has 96 valence electrons. The second-order valence-corrected chi connectivity index (χ2v) is 5.64. The van der Waals surface area contributed by atoms with E-state index >= 15 is 0 Å². The number of rotatable bonds is 3. The molecule has 0 amide bonds. The third kappa shape index (κ3) is 2.24. The van der Waals surface area contributed by atoms with Gasteiger partial charge in [-0.1, -0.05) is 30.3 Å². The molecule has 0 unspecified atom stereocenters. The van der Waals surface area contributed by atoms with Crippen LogP contribution in [0.3, 0.4) is 0 Å². The molecule has 0 aliphatic carbocycles. The van der Waals surface area contributed by atoms with E-state index < -0.39 is 0 Å². The molecule has 0 fully saturated rings. The van der Waals surface area contributed by atoms with E-state index in [4.69, 9.17) is 0 Å². The van der Waals surface area contributed by atoms with Crippen molar-refractivity contribution in [1.29, 1.82) is 0 Å². The van der Waals surface area contributed by atoms with Crippen LogP contribution in [0, 0.1) is 0 Å². The van der Waals surface area contributed by atoms with Crippen LogP contribution in [0.5, 0.6) is 0 Å². The van der Waals surface area contributed by atoms with Gasteiger partial charge in [0, 0.05) is 11.6 Å². The Kier molecular flexibility index (Phi) is 3.48. The van der Waals surface area contributed by atoms with Gasteiger partial charge in [0.2, 0.25) is 0 Å². The summed E-state index contributed by atoms with van der Waals surface area (Å²) >= 11 is 3.36. The minimum atomic E-state index is 0.898. The van der Waals surface area contributed by atoms with E-state index in [9.17, 15) is 0 Å². The van der Waals surface area contributed by atoms with Crippen molar-refractivity contribution in [2.75, 3.05) is 12.5 Å². The van der Waals surface area contributed by atoms with Crippen molar-refractivity contribution in [3.8, 4) is 11.4 Å². The molecule has 2 heterocycles. The van der Waals surface area contributed by atoms with Crippen molar-refractivity contribution in [2.24, 2.45) is 0 Å². The molecule has 0 bridgehead atoms. The highest BCUT2D eigenvalue weighted by molar-refractivity contribution is 7.99. The minimum Gasteiger partial charge on any atom is -0.271 e. The molecule has 0 saturated heterocycles. The highest BCUT2D eigenvalue weighted by Crippen LogP contribution is 2.27. The summed E-state index contributed by atoms with van der Waals surface area (Å²) in [4.78, 5) is 9.13. The lowest BCUT2D eigenvalue weighted by atomic mass is 10.2. The molecule has 3 aromatic rings. The Morgan fingerprint density at radius 1 is 1.05 bits per heavy atom. The van der Waals surface area contributed by atoms with Gasteiger partial charge in [-0.2, -0.15) is 0 Å². The molecule has 0 radical (unpaired) electrons. The third-order valence-electron chi connectivity index (χ3n) is 2.89. The Balaban J connectivity index is 2.28. The van der Waals surface area contributed by atoms with Crippen molar-refractivity contribution in [3.05, 3.63) is 42.6 Å². The first-order valence-electron chi connectivity index (χ1n) is 5.85. The predicted octanol–water partition coefficient (Wildman–Crippen LogP) is 3.84. The first kappa shape index (κ1) is 12.6. The van der Waals surface area contributed by atoms with Gasteiger partial charge in [0.05, 0.1) is 11.2 Å². The smallest absolute Gasteiger partial charge is 0.159 e. The van der Waals surface area contributed by atoms with E-state index in [-0.39, 0.29) is 0 Å². The van der Waals surface area contributed by atoms with Gasteiger partial charge in [-0.05, 0) is 12.5 Å². The maximum Gasteiger partial charge on any atom is 0.159 e. The molecule has 1 aromatic carbocycles. The number of imidazole rings is 1. The molecule has 19 heavy (non-hydrogen) atoms. The van der Waals surface area contributed by atoms with Crippen LogP contribution in [0.2, 0.25) is 0 Å². The number of fused-ring (bicyclic) bond motifs is 1. The Morgan fingerprint density at radius 2 is 1.84 bits per heavy atom. The summed E-state index contributed by atoms with van der Waals surface area (Å²) in [5, 5.41) is 2.18. The lowest BCUT2D eigenvalue weighted by Gasteiger charge is -2.08. The van der Waals surface area contributed by atoms with Gasteiger partial charge in [-0.3, -0.25) is 4.40 Å². The van der Waals surface area contributed by atoms with Crippen LogP contribution in [0.1, 0.15) is 0 Å². The molecule has 0 aliphatic heterocycles. The average molecular weight is 287 g/mol.